The fourth-order valence-corrected chi connectivity index (χ4v) is 3.23. The highest BCUT2D eigenvalue weighted by atomic mass is 79.9. The highest BCUT2D eigenvalue weighted by Crippen LogP contribution is 2.46. The molecular weight excluding hydrogens is 282 g/mol. The Labute approximate surface area is 111 Å². The van der Waals surface area contributed by atoms with Crippen LogP contribution in [-0.2, 0) is 12.1 Å². The lowest BCUT2D eigenvalue weighted by molar-refractivity contribution is -0.101. The molecule has 2 heterocycles. The SMILES string of the molecule is CCn1ncc(Br)c1C1(O)CCNCC1(C)C. The molecule has 1 aliphatic heterocycles. The highest BCUT2D eigenvalue weighted by Gasteiger charge is 2.49. The second-order valence-corrected chi connectivity index (χ2v) is 6.18. The zero-order chi connectivity index (χ0) is 12.7. The van der Waals surface area contributed by atoms with E-state index in [1.807, 2.05) is 11.6 Å². The van der Waals surface area contributed by atoms with Crippen molar-refractivity contribution in [1.82, 2.24) is 15.1 Å². The molecule has 1 saturated heterocycles. The van der Waals surface area contributed by atoms with Crippen molar-refractivity contribution in [2.45, 2.75) is 39.3 Å². The Kier molecular flexibility index (Phi) is 3.36. The third kappa shape index (κ3) is 1.94. The van der Waals surface area contributed by atoms with Gasteiger partial charge in [-0.2, -0.15) is 5.10 Å². The molecule has 1 fully saturated rings. The molecule has 4 nitrogen and oxygen atoms in total. The minimum Gasteiger partial charge on any atom is -0.383 e. The van der Waals surface area contributed by atoms with Crippen LogP contribution in [0.2, 0.25) is 0 Å². The summed E-state index contributed by atoms with van der Waals surface area (Å²) in [4.78, 5) is 0. The van der Waals surface area contributed by atoms with Gasteiger partial charge in [-0.25, -0.2) is 0 Å². The first-order valence-corrected chi connectivity index (χ1v) is 6.86. The Morgan fingerprint density at radius 3 is 2.88 bits per heavy atom. The molecule has 2 rings (SSSR count). The van der Waals surface area contributed by atoms with Crippen LogP contribution in [0.4, 0.5) is 0 Å². The fourth-order valence-electron chi connectivity index (χ4n) is 2.61. The molecule has 0 saturated carbocycles. The molecule has 2 N–H and O–H groups in total. The van der Waals surface area contributed by atoms with Gasteiger partial charge in [-0.05, 0) is 35.8 Å². The van der Waals surface area contributed by atoms with Gasteiger partial charge >= 0.3 is 0 Å². The Bertz CT molecular complexity index is 416. The second kappa shape index (κ2) is 4.37. The average Bonchev–Trinajstić information content (AvgIpc) is 2.64. The van der Waals surface area contributed by atoms with Crippen molar-refractivity contribution in [3.05, 3.63) is 16.4 Å². The van der Waals surface area contributed by atoms with Gasteiger partial charge in [0.05, 0.1) is 16.4 Å². The number of rotatable bonds is 2. The number of piperidine rings is 1. The summed E-state index contributed by atoms with van der Waals surface area (Å²) >= 11 is 3.52. The van der Waals surface area contributed by atoms with E-state index in [4.69, 9.17) is 0 Å². The molecule has 0 aliphatic carbocycles. The van der Waals surface area contributed by atoms with E-state index in [0.29, 0.717) is 6.42 Å². The van der Waals surface area contributed by atoms with Crippen LogP contribution in [0.1, 0.15) is 32.9 Å². The van der Waals surface area contributed by atoms with Gasteiger partial charge in [0.25, 0.3) is 0 Å². The number of nitrogens with one attached hydrogen (secondary N) is 1. The van der Waals surface area contributed by atoms with Crippen LogP contribution >= 0.6 is 15.9 Å². The molecule has 0 amide bonds. The number of hydrogen-bond acceptors (Lipinski definition) is 3. The number of hydrogen-bond donors (Lipinski definition) is 2. The van der Waals surface area contributed by atoms with E-state index < -0.39 is 5.60 Å². The lowest BCUT2D eigenvalue weighted by Crippen LogP contribution is -2.54. The number of nitrogens with zero attached hydrogens (tertiary/aromatic N) is 2. The van der Waals surface area contributed by atoms with Gasteiger partial charge in [0.1, 0.15) is 5.60 Å². The predicted molar refractivity (Wildman–Crippen MR) is 70.8 cm³/mol. The van der Waals surface area contributed by atoms with Crippen LogP contribution in [-0.4, -0.2) is 28.0 Å². The molecule has 5 heteroatoms. The summed E-state index contributed by atoms with van der Waals surface area (Å²) in [6.45, 7) is 8.65. The quantitative estimate of drug-likeness (QED) is 0.877. The van der Waals surface area contributed by atoms with Crippen LogP contribution in [0.15, 0.2) is 10.7 Å². The van der Waals surface area contributed by atoms with Crippen molar-refractivity contribution in [3.63, 3.8) is 0 Å². The summed E-state index contributed by atoms with van der Waals surface area (Å²) in [5.74, 6) is 0. The largest absolute Gasteiger partial charge is 0.383 e. The molecule has 1 unspecified atom stereocenters. The highest BCUT2D eigenvalue weighted by molar-refractivity contribution is 9.10. The molecule has 17 heavy (non-hydrogen) atoms. The normalized spacial score (nSPS) is 28.3. The molecule has 0 bridgehead atoms. The summed E-state index contributed by atoms with van der Waals surface area (Å²) < 4.78 is 2.79. The van der Waals surface area contributed by atoms with Gasteiger partial charge in [0, 0.05) is 18.5 Å². The first-order valence-electron chi connectivity index (χ1n) is 6.07. The Hall–Kier alpha value is -0.390. The molecule has 0 radical (unpaired) electrons. The lowest BCUT2D eigenvalue weighted by atomic mass is 9.69. The molecular formula is C12H20BrN3O. The van der Waals surface area contributed by atoms with Gasteiger partial charge in [-0.1, -0.05) is 13.8 Å². The third-order valence-corrected chi connectivity index (χ3v) is 4.42. The maximum atomic E-state index is 11.1. The van der Waals surface area contributed by atoms with E-state index in [0.717, 1.165) is 29.8 Å². The van der Waals surface area contributed by atoms with Crippen molar-refractivity contribution < 1.29 is 5.11 Å². The predicted octanol–water partition coefficient (Wildman–Crippen LogP) is 1.87. The average molecular weight is 302 g/mol. The minimum absolute atomic E-state index is 0.208. The van der Waals surface area contributed by atoms with E-state index in [1.165, 1.54) is 0 Å². The van der Waals surface area contributed by atoms with E-state index in [9.17, 15) is 5.11 Å². The molecule has 96 valence electrons. The Morgan fingerprint density at radius 1 is 1.59 bits per heavy atom. The maximum absolute atomic E-state index is 11.1. The summed E-state index contributed by atoms with van der Waals surface area (Å²) in [6, 6.07) is 0. The molecule has 1 aromatic rings. The first kappa shape index (κ1) is 13.1. The van der Waals surface area contributed by atoms with Crippen LogP contribution in [0.25, 0.3) is 0 Å². The summed E-state index contributed by atoms with van der Waals surface area (Å²) in [5, 5.41) is 18.8. The van der Waals surface area contributed by atoms with E-state index in [1.54, 1.807) is 6.20 Å². The van der Waals surface area contributed by atoms with Crippen LogP contribution in [0.3, 0.4) is 0 Å². The zero-order valence-corrected chi connectivity index (χ0v) is 12.2. The monoisotopic (exact) mass is 301 g/mol. The van der Waals surface area contributed by atoms with Crippen molar-refractivity contribution in [1.29, 1.82) is 0 Å². The first-order chi connectivity index (χ1) is 7.92. The van der Waals surface area contributed by atoms with Gasteiger partial charge in [-0.15, -0.1) is 0 Å². The van der Waals surface area contributed by atoms with E-state index >= 15 is 0 Å². The number of halogens is 1. The molecule has 1 aromatic heterocycles. The van der Waals surface area contributed by atoms with Crippen LogP contribution in [0, 0.1) is 5.41 Å². The van der Waals surface area contributed by atoms with Crippen molar-refractivity contribution in [3.8, 4) is 0 Å². The zero-order valence-electron chi connectivity index (χ0n) is 10.6. The van der Waals surface area contributed by atoms with Gasteiger partial charge < -0.3 is 10.4 Å². The number of aryl methyl sites for hydroxylation is 1. The summed E-state index contributed by atoms with van der Waals surface area (Å²) in [7, 11) is 0. The lowest BCUT2D eigenvalue weighted by Gasteiger charge is -2.47. The summed E-state index contributed by atoms with van der Waals surface area (Å²) in [6.07, 6.45) is 2.49. The minimum atomic E-state index is -0.830. The number of aromatic nitrogens is 2. The second-order valence-electron chi connectivity index (χ2n) is 5.33. The fraction of sp³-hybridized carbons (Fsp3) is 0.750. The Morgan fingerprint density at radius 2 is 2.29 bits per heavy atom. The molecule has 0 spiro atoms. The van der Waals surface area contributed by atoms with Crippen molar-refractivity contribution >= 4 is 15.9 Å². The van der Waals surface area contributed by atoms with E-state index in [-0.39, 0.29) is 5.41 Å². The Balaban J connectivity index is 2.52. The van der Waals surface area contributed by atoms with Gasteiger partial charge in [0.15, 0.2) is 0 Å². The summed E-state index contributed by atoms with van der Waals surface area (Å²) in [5.41, 5.74) is -0.129. The molecule has 0 aromatic carbocycles. The molecule has 1 aliphatic rings. The van der Waals surface area contributed by atoms with Gasteiger partial charge in [0.2, 0.25) is 0 Å². The van der Waals surface area contributed by atoms with Crippen LogP contribution < -0.4 is 5.32 Å². The molecule has 1 atom stereocenters. The topological polar surface area (TPSA) is 50.1 Å². The van der Waals surface area contributed by atoms with Gasteiger partial charge in [-0.3, -0.25) is 4.68 Å². The van der Waals surface area contributed by atoms with Crippen molar-refractivity contribution in [2.75, 3.05) is 13.1 Å². The standard InChI is InChI=1S/C12H20BrN3O/c1-4-16-10(9(13)7-15-16)12(17)5-6-14-8-11(12,2)3/h7,14,17H,4-6,8H2,1-3H3. The third-order valence-electron chi connectivity index (χ3n) is 3.84. The van der Waals surface area contributed by atoms with E-state index in [2.05, 4.69) is 40.2 Å². The number of aliphatic hydroxyl groups is 1. The smallest absolute Gasteiger partial charge is 0.115 e. The maximum Gasteiger partial charge on any atom is 0.115 e. The van der Waals surface area contributed by atoms with Crippen LogP contribution in [0.5, 0.6) is 0 Å². The van der Waals surface area contributed by atoms with Crippen molar-refractivity contribution in [2.24, 2.45) is 5.41 Å².